The SMILES string of the molecule is CCCCCCC(CCCC)OC(=O)CCCCC. The van der Waals surface area contributed by atoms with Gasteiger partial charge in [-0.2, -0.15) is 0 Å². The Kier molecular flexibility index (Phi) is 13.5. The standard InChI is InChI=1S/C17H34O2/c1-4-7-10-12-14-16(13-9-6-3)19-17(18)15-11-8-5-2/h16H,4-15H2,1-3H3. The van der Waals surface area contributed by atoms with Crippen LogP contribution in [0.25, 0.3) is 0 Å². The highest BCUT2D eigenvalue weighted by molar-refractivity contribution is 5.69. The lowest BCUT2D eigenvalue weighted by Gasteiger charge is -2.17. The summed E-state index contributed by atoms with van der Waals surface area (Å²) in [6, 6.07) is 0. The van der Waals surface area contributed by atoms with Crippen LogP contribution in [0.4, 0.5) is 0 Å². The van der Waals surface area contributed by atoms with Gasteiger partial charge < -0.3 is 4.74 Å². The molecule has 114 valence electrons. The lowest BCUT2D eigenvalue weighted by atomic mass is 10.0. The van der Waals surface area contributed by atoms with Crippen LogP contribution in [-0.4, -0.2) is 12.1 Å². The van der Waals surface area contributed by atoms with Gasteiger partial charge in [-0.25, -0.2) is 0 Å². The van der Waals surface area contributed by atoms with E-state index in [1.807, 2.05) is 0 Å². The average Bonchev–Trinajstić information content (AvgIpc) is 2.41. The molecule has 0 aromatic heterocycles. The molecule has 0 aromatic carbocycles. The third-order valence-electron chi connectivity index (χ3n) is 3.54. The Morgan fingerprint density at radius 3 is 2.00 bits per heavy atom. The van der Waals surface area contributed by atoms with Crippen LogP contribution in [0.3, 0.4) is 0 Å². The van der Waals surface area contributed by atoms with Crippen molar-refractivity contribution in [2.75, 3.05) is 0 Å². The number of carbonyl (C=O) groups is 1. The van der Waals surface area contributed by atoms with Crippen LogP contribution in [0.5, 0.6) is 0 Å². The van der Waals surface area contributed by atoms with E-state index in [-0.39, 0.29) is 12.1 Å². The monoisotopic (exact) mass is 270 g/mol. The minimum absolute atomic E-state index is 0.0186. The van der Waals surface area contributed by atoms with Crippen molar-refractivity contribution in [3.63, 3.8) is 0 Å². The maximum Gasteiger partial charge on any atom is 0.306 e. The molecule has 0 bridgehead atoms. The summed E-state index contributed by atoms with van der Waals surface area (Å²) in [6.45, 7) is 6.57. The molecule has 0 saturated carbocycles. The fraction of sp³-hybridized carbons (Fsp3) is 0.941. The predicted molar refractivity (Wildman–Crippen MR) is 82.3 cm³/mol. The highest BCUT2D eigenvalue weighted by atomic mass is 16.5. The third kappa shape index (κ3) is 12.3. The van der Waals surface area contributed by atoms with E-state index in [0.717, 1.165) is 32.1 Å². The number of unbranched alkanes of at least 4 members (excludes halogenated alkanes) is 6. The summed E-state index contributed by atoms with van der Waals surface area (Å²) in [4.78, 5) is 11.8. The second-order valence-electron chi connectivity index (χ2n) is 5.56. The zero-order chi connectivity index (χ0) is 14.3. The van der Waals surface area contributed by atoms with E-state index < -0.39 is 0 Å². The maximum absolute atomic E-state index is 11.8. The van der Waals surface area contributed by atoms with Crippen molar-refractivity contribution in [1.29, 1.82) is 0 Å². The van der Waals surface area contributed by atoms with Gasteiger partial charge in [0.25, 0.3) is 0 Å². The topological polar surface area (TPSA) is 26.3 Å². The lowest BCUT2D eigenvalue weighted by Crippen LogP contribution is -2.18. The molecular formula is C17H34O2. The summed E-state index contributed by atoms with van der Waals surface area (Å²) in [7, 11) is 0. The van der Waals surface area contributed by atoms with Gasteiger partial charge in [-0.05, 0) is 25.7 Å². The van der Waals surface area contributed by atoms with Crippen LogP contribution < -0.4 is 0 Å². The fourth-order valence-corrected chi connectivity index (χ4v) is 2.26. The molecule has 1 atom stereocenters. The molecule has 19 heavy (non-hydrogen) atoms. The van der Waals surface area contributed by atoms with E-state index in [2.05, 4.69) is 20.8 Å². The van der Waals surface area contributed by atoms with Gasteiger partial charge in [0.2, 0.25) is 0 Å². The molecule has 0 amide bonds. The molecule has 0 fully saturated rings. The van der Waals surface area contributed by atoms with E-state index in [1.54, 1.807) is 0 Å². The molecule has 0 aliphatic heterocycles. The summed E-state index contributed by atoms with van der Waals surface area (Å²) < 4.78 is 5.64. The molecule has 0 aliphatic rings. The first-order valence-electron chi connectivity index (χ1n) is 8.44. The van der Waals surface area contributed by atoms with E-state index >= 15 is 0 Å². The van der Waals surface area contributed by atoms with Crippen LogP contribution in [0, 0.1) is 0 Å². The van der Waals surface area contributed by atoms with Crippen LogP contribution in [0.1, 0.15) is 97.8 Å². The van der Waals surface area contributed by atoms with Crippen LogP contribution in [0.15, 0.2) is 0 Å². The molecule has 1 unspecified atom stereocenters. The number of carbonyl (C=O) groups excluding carboxylic acids is 1. The Bertz CT molecular complexity index is 201. The Morgan fingerprint density at radius 1 is 0.789 bits per heavy atom. The van der Waals surface area contributed by atoms with Crippen molar-refractivity contribution in [2.24, 2.45) is 0 Å². The summed E-state index contributed by atoms with van der Waals surface area (Å²) in [5.41, 5.74) is 0. The number of hydrogen-bond acceptors (Lipinski definition) is 2. The molecule has 0 aromatic rings. The van der Waals surface area contributed by atoms with Gasteiger partial charge in [0.05, 0.1) is 0 Å². The van der Waals surface area contributed by atoms with Crippen molar-refractivity contribution in [2.45, 2.75) is 104 Å². The summed E-state index contributed by atoms with van der Waals surface area (Å²) in [5.74, 6) is 0.0186. The smallest absolute Gasteiger partial charge is 0.306 e. The zero-order valence-corrected chi connectivity index (χ0v) is 13.4. The first-order chi connectivity index (χ1) is 9.24. The van der Waals surface area contributed by atoms with Crippen molar-refractivity contribution in [3.8, 4) is 0 Å². The van der Waals surface area contributed by atoms with Crippen molar-refractivity contribution >= 4 is 5.97 Å². The molecule has 0 N–H and O–H groups in total. The molecule has 0 radical (unpaired) electrons. The first-order valence-corrected chi connectivity index (χ1v) is 8.44. The second-order valence-corrected chi connectivity index (χ2v) is 5.56. The Morgan fingerprint density at radius 2 is 1.37 bits per heavy atom. The van der Waals surface area contributed by atoms with Gasteiger partial charge in [0, 0.05) is 6.42 Å². The van der Waals surface area contributed by atoms with Crippen LogP contribution in [-0.2, 0) is 9.53 Å². The van der Waals surface area contributed by atoms with Gasteiger partial charge >= 0.3 is 5.97 Å². The first kappa shape index (κ1) is 18.5. The van der Waals surface area contributed by atoms with Crippen molar-refractivity contribution in [3.05, 3.63) is 0 Å². The third-order valence-corrected chi connectivity index (χ3v) is 3.54. The Hall–Kier alpha value is -0.530. The van der Waals surface area contributed by atoms with Gasteiger partial charge in [0.1, 0.15) is 6.10 Å². The normalized spacial score (nSPS) is 12.4. The Balaban J connectivity index is 3.85. The quantitative estimate of drug-likeness (QED) is 0.320. The summed E-state index contributed by atoms with van der Waals surface area (Å²) in [6.07, 6.45) is 13.5. The van der Waals surface area contributed by atoms with Gasteiger partial charge in [-0.1, -0.05) is 65.7 Å². The second kappa shape index (κ2) is 13.9. The van der Waals surface area contributed by atoms with Crippen LogP contribution >= 0.6 is 0 Å². The minimum atomic E-state index is 0.0186. The molecule has 2 heteroatoms. The predicted octanol–water partition coefficient (Wildman–Crippen LogP) is 5.64. The molecule has 0 heterocycles. The van der Waals surface area contributed by atoms with E-state index in [4.69, 9.17) is 4.74 Å². The molecule has 0 aliphatic carbocycles. The van der Waals surface area contributed by atoms with Crippen molar-refractivity contribution in [1.82, 2.24) is 0 Å². The van der Waals surface area contributed by atoms with E-state index in [0.29, 0.717) is 6.42 Å². The number of esters is 1. The number of hydrogen-bond donors (Lipinski definition) is 0. The van der Waals surface area contributed by atoms with Gasteiger partial charge in [-0.15, -0.1) is 0 Å². The molecule has 0 saturated heterocycles. The average molecular weight is 270 g/mol. The molecule has 0 rings (SSSR count). The molecule has 0 spiro atoms. The maximum atomic E-state index is 11.8. The van der Waals surface area contributed by atoms with E-state index in [9.17, 15) is 4.79 Å². The van der Waals surface area contributed by atoms with E-state index in [1.165, 1.54) is 38.5 Å². The number of ether oxygens (including phenoxy) is 1. The minimum Gasteiger partial charge on any atom is -0.462 e. The summed E-state index contributed by atoms with van der Waals surface area (Å²) in [5, 5.41) is 0. The van der Waals surface area contributed by atoms with Gasteiger partial charge in [-0.3, -0.25) is 4.79 Å². The van der Waals surface area contributed by atoms with Crippen LogP contribution in [0.2, 0.25) is 0 Å². The highest BCUT2D eigenvalue weighted by Gasteiger charge is 2.13. The molecular weight excluding hydrogens is 236 g/mol. The van der Waals surface area contributed by atoms with Crippen molar-refractivity contribution < 1.29 is 9.53 Å². The zero-order valence-electron chi connectivity index (χ0n) is 13.4. The fourth-order valence-electron chi connectivity index (χ4n) is 2.26. The Labute approximate surface area is 120 Å². The molecule has 2 nitrogen and oxygen atoms in total. The number of rotatable bonds is 13. The lowest BCUT2D eigenvalue weighted by molar-refractivity contribution is -0.150. The summed E-state index contributed by atoms with van der Waals surface area (Å²) >= 11 is 0. The van der Waals surface area contributed by atoms with Gasteiger partial charge in [0.15, 0.2) is 0 Å². The largest absolute Gasteiger partial charge is 0.462 e. The highest BCUT2D eigenvalue weighted by Crippen LogP contribution is 2.15.